The zero-order chi connectivity index (χ0) is 13.3. The van der Waals surface area contributed by atoms with Gasteiger partial charge in [-0.05, 0) is 43.6 Å². The highest BCUT2D eigenvalue weighted by Gasteiger charge is 2.31. The van der Waals surface area contributed by atoms with E-state index in [-0.39, 0.29) is 0 Å². The molecule has 108 valence electrons. The summed E-state index contributed by atoms with van der Waals surface area (Å²) in [5, 5.41) is 3.56. The van der Waals surface area contributed by atoms with Crippen LogP contribution in [0, 0.1) is 11.3 Å². The van der Waals surface area contributed by atoms with E-state index in [9.17, 15) is 0 Å². The minimum Gasteiger partial charge on any atom is -0.381 e. The van der Waals surface area contributed by atoms with E-state index in [0.29, 0.717) is 5.41 Å². The molecule has 1 fully saturated rings. The number of nitrogens with one attached hydrogen (secondary N) is 1. The van der Waals surface area contributed by atoms with Gasteiger partial charge in [0.15, 0.2) is 0 Å². The molecular weight excluding hydrogens is 222 g/mol. The van der Waals surface area contributed by atoms with Gasteiger partial charge in [0, 0.05) is 19.8 Å². The van der Waals surface area contributed by atoms with Crippen LogP contribution < -0.4 is 5.32 Å². The third-order valence-corrected chi connectivity index (χ3v) is 4.28. The molecule has 0 aromatic rings. The van der Waals surface area contributed by atoms with Crippen LogP contribution in [0.5, 0.6) is 0 Å². The van der Waals surface area contributed by atoms with E-state index in [1.165, 1.54) is 51.5 Å². The molecule has 0 heterocycles. The number of hydrogen-bond donors (Lipinski definition) is 1. The number of ether oxygens (including phenoxy) is 1. The molecule has 0 amide bonds. The van der Waals surface area contributed by atoms with Crippen LogP contribution in [0.4, 0.5) is 0 Å². The topological polar surface area (TPSA) is 21.3 Å². The summed E-state index contributed by atoms with van der Waals surface area (Å²) < 4.78 is 5.82. The quantitative estimate of drug-likeness (QED) is 0.629. The summed E-state index contributed by atoms with van der Waals surface area (Å²) in [4.78, 5) is 0. The van der Waals surface area contributed by atoms with Crippen LogP contribution in [0.3, 0.4) is 0 Å². The first-order valence-electron chi connectivity index (χ1n) is 7.97. The van der Waals surface area contributed by atoms with Crippen molar-refractivity contribution in [3.8, 4) is 0 Å². The Balaban J connectivity index is 2.23. The second-order valence-corrected chi connectivity index (χ2v) is 6.39. The van der Waals surface area contributed by atoms with Crippen molar-refractivity contribution in [3.05, 3.63) is 0 Å². The van der Waals surface area contributed by atoms with Crippen molar-refractivity contribution in [1.82, 2.24) is 5.32 Å². The van der Waals surface area contributed by atoms with Gasteiger partial charge in [0.2, 0.25) is 0 Å². The molecule has 2 nitrogen and oxygen atoms in total. The minimum absolute atomic E-state index is 0.534. The number of hydrogen-bond acceptors (Lipinski definition) is 2. The van der Waals surface area contributed by atoms with E-state index in [2.05, 4.69) is 26.1 Å². The molecule has 1 aliphatic carbocycles. The smallest absolute Gasteiger partial charge is 0.0471 e. The van der Waals surface area contributed by atoms with E-state index < -0.39 is 0 Å². The molecule has 0 spiro atoms. The fourth-order valence-corrected chi connectivity index (χ4v) is 2.92. The Morgan fingerprint density at radius 1 is 1.11 bits per heavy atom. The molecule has 1 rings (SSSR count). The summed E-state index contributed by atoms with van der Waals surface area (Å²) in [5.41, 5.74) is 0.534. The van der Waals surface area contributed by atoms with Crippen LogP contribution in [-0.4, -0.2) is 26.3 Å². The van der Waals surface area contributed by atoms with E-state index in [4.69, 9.17) is 4.74 Å². The van der Waals surface area contributed by atoms with Gasteiger partial charge < -0.3 is 10.1 Å². The molecule has 0 aliphatic heterocycles. The Morgan fingerprint density at radius 2 is 1.83 bits per heavy atom. The van der Waals surface area contributed by atoms with E-state index >= 15 is 0 Å². The Morgan fingerprint density at radius 3 is 2.44 bits per heavy atom. The zero-order valence-corrected chi connectivity index (χ0v) is 12.8. The zero-order valence-electron chi connectivity index (χ0n) is 12.8. The average Bonchev–Trinajstić information content (AvgIpc) is 2.37. The Labute approximate surface area is 114 Å². The lowest BCUT2D eigenvalue weighted by molar-refractivity contribution is 0.0682. The third kappa shape index (κ3) is 6.19. The monoisotopic (exact) mass is 255 g/mol. The van der Waals surface area contributed by atoms with Gasteiger partial charge in [-0.1, -0.05) is 40.0 Å². The predicted molar refractivity (Wildman–Crippen MR) is 79.0 cm³/mol. The van der Waals surface area contributed by atoms with Crippen molar-refractivity contribution in [2.75, 3.05) is 26.3 Å². The van der Waals surface area contributed by atoms with Gasteiger partial charge in [-0.25, -0.2) is 0 Å². The van der Waals surface area contributed by atoms with E-state index in [0.717, 1.165) is 25.7 Å². The summed E-state index contributed by atoms with van der Waals surface area (Å²) in [6.07, 6.45) is 9.50. The highest BCUT2D eigenvalue weighted by molar-refractivity contribution is 4.84. The Bertz CT molecular complexity index is 197. The Kier molecular flexibility index (Phi) is 7.92. The highest BCUT2D eigenvalue weighted by atomic mass is 16.5. The molecule has 1 aliphatic rings. The molecule has 0 unspecified atom stereocenters. The van der Waals surface area contributed by atoms with Crippen molar-refractivity contribution in [2.45, 2.75) is 65.7 Å². The highest BCUT2D eigenvalue weighted by Crippen LogP contribution is 2.38. The van der Waals surface area contributed by atoms with Crippen molar-refractivity contribution in [1.29, 1.82) is 0 Å². The molecule has 18 heavy (non-hydrogen) atoms. The van der Waals surface area contributed by atoms with Crippen LogP contribution in [-0.2, 0) is 4.74 Å². The van der Waals surface area contributed by atoms with Crippen LogP contribution in [0.1, 0.15) is 65.7 Å². The van der Waals surface area contributed by atoms with Crippen LogP contribution >= 0.6 is 0 Å². The molecule has 2 heteroatoms. The van der Waals surface area contributed by atoms with Gasteiger partial charge in [0.1, 0.15) is 0 Å². The maximum atomic E-state index is 5.82. The van der Waals surface area contributed by atoms with Crippen LogP contribution in [0.2, 0.25) is 0 Å². The molecule has 1 N–H and O–H groups in total. The lowest BCUT2D eigenvalue weighted by Gasteiger charge is -2.37. The molecule has 0 aromatic heterocycles. The summed E-state index contributed by atoms with van der Waals surface area (Å²) in [7, 11) is 0. The lowest BCUT2D eigenvalue weighted by Crippen LogP contribution is -2.37. The summed E-state index contributed by atoms with van der Waals surface area (Å²) in [5.74, 6) is 0.760. The lowest BCUT2D eigenvalue weighted by atomic mass is 9.72. The number of rotatable bonds is 9. The molecular formula is C16H33NO. The van der Waals surface area contributed by atoms with Gasteiger partial charge in [0.05, 0.1) is 0 Å². The third-order valence-electron chi connectivity index (χ3n) is 4.28. The summed E-state index contributed by atoms with van der Waals surface area (Å²) >= 11 is 0. The van der Waals surface area contributed by atoms with Gasteiger partial charge in [-0.15, -0.1) is 0 Å². The summed E-state index contributed by atoms with van der Waals surface area (Å²) in [6.45, 7) is 10.9. The predicted octanol–water partition coefficient (Wildman–Crippen LogP) is 4.00. The molecule has 0 bridgehead atoms. The van der Waals surface area contributed by atoms with Crippen molar-refractivity contribution in [3.63, 3.8) is 0 Å². The average molecular weight is 255 g/mol. The molecule has 0 atom stereocenters. The van der Waals surface area contributed by atoms with Crippen molar-refractivity contribution in [2.24, 2.45) is 11.3 Å². The Hall–Kier alpha value is -0.0800. The van der Waals surface area contributed by atoms with E-state index in [1.54, 1.807) is 0 Å². The van der Waals surface area contributed by atoms with Gasteiger partial charge in [-0.2, -0.15) is 0 Å². The molecule has 0 radical (unpaired) electrons. The standard InChI is InChI=1S/C16H33NO/c1-4-17-14-16(9-6-5-7-10-16)11-13-18-12-8-15(2)3/h15,17H,4-14H2,1-3H3. The maximum Gasteiger partial charge on any atom is 0.0471 e. The maximum absolute atomic E-state index is 5.82. The minimum atomic E-state index is 0.534. The van der Waals surface area contributed by atoms with Gasteiger partial charge in [0.25, 0.3) is 0 Å². The first-order valence-corrected chi connectivity index (χ1v) is 7.97. The first-order chi connectivity index (χ1) is 8.68. The van der Waals surface area contributed by atoms with Crippen LogP contribution in [0.25, 0.3) is 0 Å². The first kappa shape index (κ1) is 16.0. The molecule has 0 saturated heterocycles. The fourth-order valence-electron chi connectivity index (χ4n) is 2.92. The van der Waals surface area contributed by atoms with Crippen molar-refractivity contribution >= 4 is 0 Å². The molecule has 1 saturated carbocycles. The largest absolute Gasteiger partial charge is 0.381 e. The molecule has 0 aromatic carbocycles. The van der Waals surface area contributed by atoms with Gasteiger partial charge in [-0.3, -0.25) is 0 Å². The van der Waals surface area contributed by atoms with Gasteiger partial charge >= 0.3 is 0 Å². The summed E-state index contributed by atoms with van der Waals surface area (Å²) in [6, 6.07) is 0. The second-order valence-electron chi connectivity index (χ2n) is 6.39. The normalized spacial score (nSPS) is 19.3. The van der Waals surface area contributed by atoms with E-state index in [1.807, 2.05) is 0 Å². The fraction of sp³-hybridized carbons (Fsp3) is 1.00. The second kappa shape index (κ2) is 8.92. The SMILES string of the molecule is CCNCC1(CCOCCC(C)C)CCCCC1. The van der Waals surface area contributed by atoms with Crippen LogP contribution in [0.15, 0.2) is 0 Å². The van der Waals surface area contributed by atoms with Crippen molar-refractivity contribution < 1.29 is 4.74 Å².